The Labute approximate surface area is 114 Å². The molecule has 0 spiro atoms. The van der Waals surface area contributed by atoms with E-state index in [1.807, 2.05) is 0 Å². The molecule has 0 aromatic carbocycles. The maximum Gasteiger partial charge on any atom is 0.317 e. The van der Waals surface area contributed by atoms with E-state index >= 15 is 0 Å². The first kappa shape index (κ1) is 12.1. The Morgan fingerprint density at radius 3 is 2.40 bits per heavy atom. The molecule has 6 unspecified atom stereocenters. The summed E-state index contributed by atoms with van der Waals surface area (Å²) in [7, 11) is 0. The first-order valence-electron chi connectivity index (χ1n) is 7.01. The number of carbonyl (C=O) groups excluding carboxylic acids is 4. The molecule has 4 rings (SSSR count). The maximum atomic E-state index is 11.8. The molecule has 2 aliphatic carbocycles. The molecule has 4 fully saturated rings. The molecule has 2 bridgehead atoms. The number of carbonyl (C=O) groups is 4. The van der Waals surface area contributed by atoms with Crippen molar-refractivity contribution in [1.82, 2.24) is 0 Å². The van der Waals surface area contributed by atoms with Crippen molar-refractivity contribution in [2.75, 3.05) is 6.61 Å². The third-order valence-corrected chi connectivity index (χ3v) is 5.46. The quantitative estimate of drug-likeness (QED) is 0.525. The fraction of sp³-hybridized carbons (Fsp3) is 0.714. The Balaban J connectivity index is 1.53. The van der Waals surface area contributed by atoms with Gasteiger partial charge in [-0.3, -0.25) is 19.2 Å². The van der Waals surface area contributed by atoms with E-state index in [-0.39, 0.29) is 47.9 Å². The molecule has 2 heterocycles. The summed E-state index contributed by atoms with van der Waals surface area (Å²) in [6.45, 7) is -0.128. The van der Waals surface area contributed by atoms with E-state index in [1.165, 1.54) is 0 Å². The lowest BCUT2D eigenvalue weighted by Gasteiger charge is -2.28. The summed E-state index contributed by atoms with van der Waals surface area (Å²) >= 11 is 0. The molecule has 6 heteroatoms. The van der Waals surface area contributed by atoms with Crippen LogP contribution in [0.1, 0.15) is 19.3 Å². The molecule has 0 amide bonds. The highest BCUT2D eigenvalue weighted by atomic mass is 16.6. The minimum Gasteiger partial charge on any atom is -0.457 e. The average molecular weight is 278 g/mol. The van der Waals surface area contributed by atoms with Gasteiger partial charge in [-0.1, -0.05) is 0 Å². The van der Waals surface area contributed by atoms with Crippen LogP contribution in [0.25, 0.3) is 0 Å². The molecule has 2 saturated carbocycles. The Hall–Kier alpha value is -1.72. The van der Waals surface area contributed by atoms with Crippen molar-refractivity contribution >= 4 is 23.7 Å². The lowest BCUT2D eigenvalue weighted by molar-refractivity contribution is -0.154. The van der Waals surface area contributed by atoms with Crippen LogP contribution in [0.15, 0.2) is 0 Å². The minimum absolute atomic E-state index is 0.0742. The standard InChI is InChI=1S/C14H14O6/c15-9-4-19-12(16)8(9)2-5-1-6-3-7(5)11-10(6)13(17)20-14(11)18/h5-8,10-11H,1-4H2. The van der Waals surface area contributed by atoms with Crippen molar-refractivity contribution in [2.24, 2.45) is 35.5 Å². The van der Waals surface area contributed by atoms with E-state index in [2.05, 4.69) is 0 Å². The predicted molar refractivity (Wildman–Crippen MR) is 61.9 cm³/mol. The van der Waals surface area contributed by atoms with Crippen molar-refractivity contribution in [3.63, 3.8) is 0 Å². The number of esters is 3. The van der Waals surface area contributed by atoms with Crippen molar-refractivity contribution in [3.05, 3.63) is 0 Å². The second-order valence-electron chi connectivity index (χ2n) is 6.31. The van der Waals surface area contributed by atoms with Gasteiger partial charge in [0.05, 0.1) is 11.8 Å². The van der Waals surface area contributed by atoms with Crippen molar-refractivity contribution in [1.29, 1.82) is 0 Å². The molecule has 0 radical (unpaired) electrons. The van der Waals surface area contributed by atoms with Crippen molar-refractivity contribution in [2.45, 2.75) is 19.3 Å². The average Bonchev–Trinajstić information content (AvgIpc) is 3.10. The lowest BCUT2D eigenvalue weighted by atomic mass is 9.72. The molecule has 106 valence electrons. The molecular formula is C14H14O6. The van der Waals surface area contributed by atoms with E-state index in [0.29, 0.717) is 6.42 Å². The van der Waals surface area contributed by atoms with Gasteiger partial charge in [-0.2, -0.15) is 0 Å². The van der Waals surface area contributed by atoms with Gasteiger partial charge >= 0.3 is 17.9 Å². The second-order valence-corrected chi connectivity index (χ2v) is 6.31. The van der Waals surface area contributed by atoms with Gasteiger partial charge in [0.25, 0.3) is 0 Å². The van der Waals surface area contributed by atoms with Crippen LogP contribution in [-0.2, 0) is 28.7 Å². The number of fused-ring (bicyclic) bond motifs is 5. The van der Waals surface area contributed by atoms with Gasteiger partial charge in [0.1, 0.15) is 5.92 Å². The van der Waals surface area contributed by atoms with Crippen LogP contribution in [0.4, 0.5) is 0 Å². The summed E-state index contributed by atoms with van der Waals surface area (Å²) in [5, 5.41) is 0. The van der Waals surface area contributed by atoms with Gasteiger partial charge < -0.3 is 9.47 Å². The monoisotopic (exact) mass is 278 g/mol. The Morgan fingerprint density at radius 1 is 0.950 bits per heavy atom. The fourth-order valence-corrected chi connectivity index (χ4v) is 4.67. The van der Waals surface area contributed by atoms with Gasteiger partial charge in [0, 0.05) is 0 Å². The van der Waals surface area contributed by atoms with E-state index in [9.17, 15) is 19.2 Å². The third-order valence-electron chi connectivity index (χ3n) is 5.46. The molecule has 6 nitrogen and oxygen atoms in total. The summed E-state index contributed by atoms with van der Waals surface area (Å²) in [5.74, 6) is -2.34. The summed E-state index contributed by atoms with van der Waals surface area (Å²) < 4.78 is 9.49. The van der Waals surface area contributed by atoms with Gasteiger partial charge in [-0.05, 0) is 37.0 Å². The zero-order valence-electron chi connectivity index (χ0n) is 10.7. The second kappa shape index (κ2) is 3.90. The summed E-state index contributed by atoms with van der Waals surface area (Å²) in [6.07, 6.45) is 2.07. The highest BCUT2D eigenvalue weighted by molar-refractivity contribution is 6.04. The van der Waals surface area contributed by atoms with Crippen LogP contribution in [0, 0.1) is 35.5 Å². The Kier molecular flexibility index (Phi) is 2.35. The molecule has 2 saturated heterocycles. The van der Waals surface area contributed by atoms with Crippen molar-refractivity contribution < 1.29 is 28.7 Å². The Morgan fingerprint density at radius 2 is 1.70 bits per heavy atom. The highest BCUT2D eigenvalue weighted by Crippen LogP contribution is 2.59. The fourth-order valence-electron chi connectivity index (χ4n) is 4.67. The summed E-state index contributed by atoms with van der Waals surface area (Å²) in [6, 6.07) is 0. The summed E-state index contributed by atoms with van der Waals surface area (Å²) in [4.78, 5) is 46.6. The zero-order chi connectivity index (χ0) is 14.0. The van der Waals surface area contributed by atoms with E-state index < -0.39 is 17.9 Å². The molecule has 0 aromatic rings. The predicted octanol–water partition coefficient (Wildman–Crippen LogP) is 0.0904. The first-order valence-corrected chi connectivity index (χ1v) is 7.01. The normalized spacial score (nSPS) is 45.8. The van der Waals surface area contributed by atoms with Crippen LogP contribution in [0.2, 0.25) is 0 Å². The number of Topliss-reactive ketones (excluding diaryl/α,β-unsaturated/α-hetero) is 1. The van der Waals surface area contributed by atoms with Gasteiger partial charge in [-0.25, -0.2) is 0 Å². The van der Waals surface area contributed by atoms with Crippen LogP contribution in [-0.4, -0.2) is 30.3 Å². The SMILES string of the molecule is O=C1COC(=O)C1CC1CC2CC1C1C(=O)OC(=O)C21. The molecule has 0 N–H and O–H groups in total. The number of rotatable bonds is 2. The number of ketones is 1. The molecular weight excluding hydrogens is 264 g/mol. The topological polar surface area (TPSA) is 86.7 Å². The van der Waals surface area contributed by atoms with E-state index in [0.717, 1.165) is 12.8 Å². The Bertz CT molecular complexity index is 522. The minimum atomic E-state index is -0.675. The molecule has 4 aliphatic rings. The van der Waals surface area contributed by atoms with Gasteiger partial charge in [0.2, 0.25) is 0 Å². The van der Waals surface area contributed by atoms with Gasteiger partial charge in [-0.15, -0.1) is 0 Å². The highest BCUT2D eigenvalue weighted by Gasteiger charge is 2.63. The van der Waals surface area contributed by atoms with Crippen molar-refractivity contribution in [3.8, 4) is 0 Å². The first-order chi connectivity index (χ1) is 9.56. The summed E-state index contributed by atoms with van der Waals surface area (Å²) in [5.41, 5.74) is 0. The largest absolute Gasteiger partial charge is 0.457 e. The van der Waals surface area contributed by atoms with Crippen LogP contribution < -0.4 is 0 Å². The lowest BCUT2D eigenvalue weighted by Crippen LogP contribution is -2.32. The smallest absolute Gasteiger partial charge is 0.317 e. The van der Waals surface area contributed by atoms with Crippen LogP contribution in [0.3, 0.4) is 0 Å². The van der Waals surface area contributed by atoms with E-state index in [4.69, 9.17) is 9.47 Å². The number of hydrogen-bond donors (Lipinski definition) is 0. The number of ether oxygens (including phenoxy) is 2. The third kappa shape index (κ3) is 1.45. The molecule has 0 aromatic heterocycles. The number of cyclic esters (lactones) is 3. The van der Waals surface area contributed by atoms with Gasteiger partial charge in [0.15, 0.2) is 12.4 Å². The maximum absolute atomic E-state index is 11.8. The van der Waals surface area contributed by atoms with Crippen LogP contribution in [0.5, 0.6) is 0 Å². The number of hydrogen-bond acceptors (Lipinski definition) is 6. The molecule has 6 atom stereocenters. The van der Waals surface area contributed by atoms with E-state index in [1.54, 1.807) is 0 Å². The van der Waals surface area contributed by atoms with Crippen LogP contribution >= 0.6 is 0 Å². The molecule has 20 heavy (non-hydrogen) atoms. The zero-order valence-corrected chi connectivity index (χ0v) is 10.7. The molecule has 2 aliphatic heterocycles.